The highest BCUT2D eigenvalue weighted by Gasteiger charge is 2.11. The summed E-state index contributed by atoms with van der Waals surface area (Å²) in [6.45, 7) is 8.56. The van der Waals surface area contributed by atoms with Crippen molar-refractivity contribution in [1.29, 1.82) is 0 Å². The van der Waals surface area contributed by atoms with Crippen LogP contribution in [0.25, 0.3) is 10.9 Å². The Balaban J connectivity index is 2.64. The zero-order chi connectivity index (χ0) is 11.0. The molecule has 2 rings (SSSR count). The maximum Gasteiger partial charge on any atom is 0.114 e. The Labute approximate surface area is 90.1 Å². The van der Waals surface area contributed by atoms with Gasteiger partial charge in [-0.1, -0.05) is 13.8 Å². The number of nitrogens with zero attached hydrogens (tertiary/aromatic N) is 3. The van der Waals surface area contributed by atoms with E-state index in [1.807, 2.05) is 16.9 Å². The highest BCUT2D eigenvalue weighted by atomic mass is 15.3. The summed E-state index contributed by atoms with van der Waals surface area (Å²) >= 11 is 0. The lowest BCUT2D eigenvalue weighted by Crippen LogP contribution is -2.01. The van der Waals surface area contributed by atoms with Crippen molar-refractivity contribution in [2.24, 2.45) is 0 Å². The molecule has 80 valence electrons. The van der Waals surface area contributed by atoms with E-state index in [1.54, 1.807) is 0 Å². The minimum Gasteiger partial charge on any atom is -0.269 e. The first-order valence-corrected chi connectivity index (χ1v) is 5.43. The average molecular weight is 203 g/mol. The van der Waals surface area contributed by atoms with Crippen molar-refractivity contribution in [2.75, 3.05) is 0 Å². The Hall–Kier alpha value is -1.38. The normalized spacial score (nSPS) is 11.9. The van der Waals surface area contributed by atoms with Gasteiger partial charge in [0, 0.05) is 23.8 Å². The fraction of sp³-hybridized carbons (Fsp3) is 0.500. The van der Waals surface area contributed by atoms with Crippen LogP contribution in [-0.2, 0) is 0 Å². The predicted molar refractivity (Wildman–Crippen MR) is 62.0 cm³/mol. The van der Waals surface area contributed by atoms with Crippen LogP contribution in [0.15, 0.2) is 18.5 Å². The maximum absolute atomic E-state index is 4.59. The second-order valence-corrected chi connectivity index (χ2v) is 4.49. The summed E-state index contributed by atoms with van der Waals surface area (Å²) < 4.78 is 2.00. The third kappa shape index (κ3) is 1.74. The third-order valence-electron chi connectivity index (χ3n) is 2.55. The van der Waals surface area contributed by atoms with Gasteiger partial charge in [0.1, 0.15) is 5.52 Å². The fourth-order valence-electron chi connectivity index (χ4n) is 1.67. The van der Waals surface area contributed by atoms with Gasteiger partial charge in [0.15, 0.2) is 0 Å². The number of hydrogen-bond donors (Lipinski definition) is 0. The van der Waals surface area contributed by atoms with E-state index in [0.717, 1.165) is 11.2 Å². The van der Waals surface area contributed by atoms with E-state index >= 15 is 0 Å². The first-order chi connectivity index (χ1) is 7.09. The zero-order valence-electron chi connectivity index (χ0n) is 9.73. The summed E-state index contributed by atoms with van der Waals surface area (Å²) in [7, 11) is 0. The van der Waals surface area contributed by atoms with Crippen LogP contribution in [-0.4, -0.2) is 14.8 Å². The van der Waals surface area contributed by atoms with Crippen molar-refractivity contribution in [3.63, 3.8) is 0 Å². The summed E-state index contributed by atoms with van der Waals surface area (Å²) in [5.74, 6) is 0.421. The largest absolute Gasteiger partial charge is 0.269 e. The summed E-state index contributed by atoms with van der Waals surface area (Å²) in [5, 5.41) is 5.77. The number of fused-ring (bicyclic) bond motifs is 1. The molecule has 0 aromatic carbocycles. The molecular weight excluding hydrogens is 186 g/mol. The summed E-state index contributed by atoms with van der Waals surface area (Å²) in [5.41, 5.74) is 2.13. The van der Waals surface area contributed by atoms with Crippen molar-refractivity contribution in [2.45, 2.75) is 39.7 Å². The van der Waals surface area contributed by atoms with E-state index in [4.69, 9.17) is 0 Å². The molecule has 3 nitrogen and oxygen atoms in total. The van der Waals surface area contributed by atoms with Crippen molar-refractivity contribution in [1.82, 2.24) is 14.8 Å². The molecular formula is C12H17N3. The zero-order valence-corrected chi connectivity index (χ0v) is 9.73. The quantitative estimate of drug-likeness (QED) is 0.750. The van der Waals surface area contributed by atoms with Crippen LogP contribution in [0.3, 0.4) is 0 Å². The van der Waals surface area contributed by atoms with E-state index in [1.165, 1.54) is 5.39 Å². The molecule has 0 bridgehead atoms. The molecule has 2 aromatic rings. The molecule has 0 amide bonds. The average Bonchev–Trinajstić information content (AvgIpc) is 2.60. The highest BCUT2D eigenvalue weighted by molar-refractivity contribution is 5.80. The summed E-state index contributed by atoms with van der Waals surface area (Å²) in [6, 6.07) is 2.42. The van der Waals surface area contributed by atoms with E-state index in [-0.39, 0.29) is 0 Å². The lowest BCUT2D eigenvalue weighted by atomic mass is 10.1. The van der Waals surface area contributed by atoms with Gasteiger partial charge in [-0.05, 0) is 25.8 Å². The Morgan fingerprint density at radius 3 is 2.53 bits per heavy atom. The lowest BCUT2D eigenvalue weighted by Gasteiger charge is -2.04. The van der Waals surface area contributed by atoms with Crippen LogP contribution in [0, 0.1) is 0 Å². The lowest BCUT2D eigenvalue weighted by molar-refractivity contribution is 0.537. The molecule has 2 aromatic heterocycles. The van der Waals surface area contributed by atoms with Gasteiger partial charge < -0.3 is 0 Å². The van der Waals surface area contributed by atoms with Crippen LogP contribution in [0.4, 0.5) is 0 Å². The molecule has 0 aliphatic carbocycles. The van der Waals surface area contributed by atoms with E-state index in [0.29, 0.717) is 12.0 Å². The molecule has 0 unspecified atom stereocenters. The number of hydrogen-bond acceptors (Lipinski definition) is 2. The molecule has 0 fully saturated rings. The predicted octanol–water partition coefficient (Wildman–Crippen LogP) is 3.14. The molecule has 0 spiro atoms. The van der Waals surface area contributed by atoms with Crippen molar-refractivity contribution in [3.05, 3.63) is 24.2 Å². The maximum atomic E-state index is 4.59. The van der Waals surface area contributed by atoms with Gasteiger partial charge in [0.2, 0.25) is 0 Å². The summed E-state index contributed by atoms with van der Waals surface area (Å²) in [6.07, 6.45) is 3.96. The number of aromatic nitrogens is 3. The Kier molecular flexibility index (Phi) is 2.47. The van der Waals surface area contributed by atoms with Crippen LogP contribution in [0.1, 0.15) is 45.3 Å². The van der Waals surface area contributed by atoms with Gasteiger partial charge in [-0.25, -0.2) is 0 Å². The van der Waals surface area contributed by atoms with Gasteiger partial charge in [-0.15, -0.1) is 0 Å². The smallest absolute Gasteiger partial charge is 0.114 e. The molecule has 0 saturated heterocycles. The van der Waals surface area contributed by atoms with E-state index in [9.17, 15) is 0 Å². The minimum atomic E-state index is 0.400. The molecule has 0 N–H and O–H groups in total. The Bertz CT molecular complexity index is 469. The number of rotatable bonds is 2. The molecule has 0 atom stereocenters. The number of pyridine rings is 1. The standard InChI is InChI=1S/C12H17N3/c1-8(2)11-12-10(5-6-13-11)7-15(14-12)9(3)4/h5-9H,1-4H3. The molecule has 0 radical (unpaired) electrons. The Morgan fingerprint density at radius 1 is 1.20 bits per heavy atom. The van der Waals surface area contributed by atoms with Gasteiger partial charge in [-0.2, -0.15) is 5.10 Å². The van der Waals surface area contributed by atoms with E-state index in [2.05, 4.69) is 44.0 Å². The van der Waals surface area contributed by atoms with Crippen molar-refractivity contribution < 1.29 is 0 Å². The third-order valence-corrected chi connectivity index (χ3v) is 2.55. The second-order valence-electron chi connectivity index (χ2n) is 4.49. The van der Waals surface area contributed by atoms with Gasteiger partial charge in [0.25, 0.3) is 0 Å². The molecule has 0 aliphatic rings. The van der Waals surface area contributed by atoms with Crippen LogP contribution in [0.2, 0.25) is 0 Å². The van der Waals surface area contributed by atoms with Gasteiger partial charge >= 0.3 is 0 Å². The molecule has 2 heterocycles. The second kappa shape index (κ2) is 3.65. The van der Waals surface area contributed by atoms with Crippen molar-refractivity contribution >= 4 is 10.9 Å². The molecule has 0 aliphatic heterocycles. The SMILES string of the molecule is CC(C)c1nccc2cn(C(C)C)nc12. The van der Waals surface area contributed by atoms with Crippen LogP contribution >= 0.6 is 0 Å². The molecule has 15 heavy (non-hydrogen) atoms. The van der Waals surface area contributed by atoms with Crippen LogP contribution in [0.5, 0.6) is 0 Å². The Morgan fingerprint density at radius 2 is 1.93 bits per heavy atom. The summed E-state index contributed by atoms with van der Waals surface area (Å²) in [4.78, 5) is 4.40. The van der Waals surface area contributed by atoms with Gasteiger partial charge in [-0.3, -0.25) is 9.67 Å². The first-order valence-electron chi connectivity index (χ1n) is 5.43. The minimum absolute atomic E-state index is 0.400. The van der Waals surface area contributed by atoms with Crippen LogP contribution < -0.4 is 0 Å². The monoisotopic (exact) mass is 203 g/mol. The first kappa shape index (κ1) is 10.1. The molecule has 3 heteroatoms. The fourth-order valence-corrected chi connectivity index (χ4v) is 1.67. The van der Waals surface area contributed by atoms with E-state index < -0.39 is 0 Å². The topological polar surface area (TPSA) is 30.7 Å². The van der Waals surface area contributed by atoms with Crippen molar-refractivity contribution in [3.8, 4) is 0 Å². The highest BCUT2D eigenvalue weighted by Crippen LogP contribution is 2.22. The molecule has 0 saturated carbocycles. The van der Waals surface area contributed by atoms with Gasteiger partial charge in [0.05, 0.1) is 5.69 Å².